The third-order valence-corrected chi connectivity index (χ3v) is 7.01. The van der Waals surface area contributed by atoms with E-state index in [1.165, 1.54) is 22.6 Å². The van der Waals surface area contributed by atoms with Gasteiger partial charge in [0, 0.05) is 35.8 Å². The van der Waals surface area contributed by atoms with Gasteiger partial charge < -0.3 is 0 Å². The highest BCUT2D eigenvalue weighted by atomic mass is 32.2. The Balaban J connectivity index is 1.61. The van der Waals surface area contributed by atoms with Crippen molar-refractivity contribution in [2.75, 3.05) is 18.5 Å². The first-order chi connectivity index (χ1) is 14.0. The Morgan fingerprint density at radius 2 is 1.69 bits per heavy atom. The minimum Gasteiger partial charge on any atom is -0.287 e. The van der Waals surface area contributed by atoms with E-state index < -0.39 is 10.0 Å². The molecule has 148 valence electrons. The van der Waals surface area contributed by atoms with Crippen molar-refractivity contribution in [3.05, 3.63) is 65.9 Å². The van der Waals surface area contributed by atoms with Crippen molar-refractivity contribution in [1.82, 2.24) is 9.29 Å². The van der Waals surface area contributed by atoms with Gasteiger partial charge in [0.05, 0.1) is 0 Å². The number of hydrazone groups is 1. The highest BCUT2D eigenvalue weighted by Crippen LogP contribution is 2.31. The van der Waals surface area contributed by atoms with E-state index in [-0.39, 0.29) is 10.7 Å². The maximum absolute atomic E-state index is 12.7. The van der Waals surface area contributed by atoms with Crippen LogP contribution in [0.1, 0.15) is 29.8 Å². The first kappa shape index (κ1) is 19.2. The smallest absolute Gasteiger partial charge is 0.244 e. The molecular weight excluding hydrogens is 388 g/mol. The second kappa shape index (κ2) is 7.38. The van der Waals surface area contributed by atoms with E-state index in [1.807, 2.05) is 30.3 Å². The fraction of sp³-hybridized carbons (Fsp3) is 0.190. The summed E-state index contributed by atoms with van der Waals surface area (Å²) in [4.78, 5) is 17.0. The van der Waals surface area contributed by atoms with Crippen LogP contribution in [0.2, 0.25) is 0 Å². The minimum atomic E-state index is -3.57. The van der Waals surface area contributed by atoms with Gasteiger partial charge in [-0.25, -0.2) is 13.4 Å². The maximum Gasteiger partial charge on any atom is 0.244 e. The number of carbonyl (C=O) groups excluding carboxylic acids is 1. The maximum atomic E-state index is 12.7. The van der Waals surface area contributed by atoms with Crippen LogP contribution in [0.25, 0.3) is 10.8 Å². The largest absolute Gasteiger partial charge is 0.287 e. The summed E-state index contributed by atoms with van der Waals surface area (Å²) in [5, 5.41) is 6.15. The molecule has 8 heteroatoms. The molecule has 0 unspecified atom stereocenters. The molecule has 0 radical (unpaired) electrons. The molecule has 1 heterocycles. The Morgan fingerprint density at radius 1 is 1.00 bits per heavy atom. The lowest BCUT2D eigenvalue weighted by Gasteiger charge is -2.18. The number of nitrogens with zero attached hydrogens (tertiary/aromatic N) is 3. The number of carbonyl (C=O) groups is 1. The molecule has 0 spiro atoms. The number of rotatable bonds is 6. The fourth-order valence-corrected chi connectivity index (χ4v) is 4.92. The number of nitrogens with one attached hydrogen (secondary N) is 1. The first-order valence-corrected chi connectivity index (χ1v) is 10.8. The van der Waals surface area contributed by atoms with Gasteiger partial charge in [-0.1, -0.05) is 50.2 Å². The monoisotopic (exact) mass is 408 g/mol. The highest BCUT2D eigenvalue weighted by molar-refractivity contribution is 7.89. The van der Waals surface area contributed by atoms with Gasteiger partial charge >= 0.3 is 0 Å². The van der Waals surface area contributed by atoms with Gasteiger partial charge in [0.1, 0.15) is 16.4 Å². The normalized spacial score (nSPS) is 14.9. The molecular formula is C21H20N4O3S. The summed E-state index contributed by atoms with van der Waals surface area (Å²) in [5.74, 6) is 0.206. The standard InChI is InChI=1S/C21H20N4O3S/c1-3-25(4-2)29(27,28)15-11-12-18(22-13-15)23-24-20-16-9-5-7-14-8-6-10-17(19(14)16)21(20)26/h5-13H,3-4H2,1-2H3,(H,22,23)/b24-20+. The van der Waals surface area contributed by atoms with Crippen molar-refractivity contribution in [2.24, 2.45) is 5.10 Å². The summed E-state index contributed by atoms with van der Waals surface area (Å²) < 4.78 is 26.4. The van der Waals surface area contributed by atoms with Gasteiger partial charge in [0.15, 0.2) is 0 Å². The quantitative estimate of drug-likeness (QED) is 0.632. The number of sulfonamides is 1. The molecule has 4 rings (SSSR count). The van der Waals surface area contributed by atoms with E-state index in [0.29, 0.717) is 30.2 Å². The number of ketones is 1. The first-order valence-electron chi connectivity index (χ1n) is 9.34. The van der Waals surface area contributed by atoms with Crippen LogP contribution in [0.4, 0.5) is 5.82 Å². The van der Waals surface area contributed by atoms with Crippen LogP contribution in [0.5, 0.6) is 0 Å². The van der Waals surface area contributed by atoms with Gasteiger partial charge in [-0.15, -0.1) is 0 Å². The summed E-state index contributed by atoms with van der Waals surface area (Å²) in [6.45, 7) is 4.36. The number of anilines is 1. The van der Waals surface area contributed by atoms with Gasteiger partial charge in [-0.3, -0.25) is 10.2 Å². The molecule has 1 aromatic heterocycles. The van der Waals surface area contributed by atoms with Crippen molar-refractivity contribution in [1.29, 1.82) is 0 Å². The lowest BCUT2D eigenvalue weighted by atomic mass is 10.1. The Kier molecular flexibility index (Phi) is 4.89. The second-order valence-electron chi connectivity index (χ2n) is 6.58. The van der Waals surface area contributed by atoms with Gasteiger partial charge in [-0.05, 0) is 17.5 Å². The van der Waals surface area contributed by atoms with Crippen molar-refractivity contribution < 1.29 is 13.2 Å². The zero-order chi connectivity index (χ0) is 20.6. The average molecular weight is 408 g/mol. The molecule has 0 atom stereocenters. The number of hydrogen-bond acceptors (Lipinski definition) is 6. The zero-order valence-electron chi connectivity index (χ0n) is 16.1. The van der Waals surface area contributed by atoms with Gasteiger partial charge in [0.2, 0.25) is 15.8 Å². The number of benzene rings is 2. The summed E-state index contributed by atoms with van der Waals surface area (Å²) >= 11 is 0. The minimum absolute atomic E-state index is 0.119. The Hall–Kier alpha value is -3.10. The van der Waals surface area contributed by atoms with Gasteiger partial charge in [0.25, 0.3) is 0 Å². The summed E-state index contributed by atoms with van der Waals surface area (Å²) in [7, 11) is -3.57. The number of aromatic nitrogens is 1. The number of hydrogen-bond donors (Lipinski definition) is 1. The van der Waals surface area contributed by atoms with E-state index in [4.69, 9.17) is 0 Å². The molecule has 1 aliphatic rings. The van der Waals surface area contributed by atoms with Crippen molar-refractivity contribution in [3.63, 3.8) is 0 Å². The topological polar surface area (TPSA) is 91.7 Å². The fourth-order valence-electron chi connectivity index (χ4n) is 3.51. The predicted octanol–water partition coefficient (Wildman–Crippen LogP) is 3.28. The lowest BCUT2D eigenvalue weighted by Crippen LogP contribution is -2.30. The summed E-state index contributed by atoms with van der Waals surface area (Å²) in [5.41, 5.74) is 4.50. The zero-order valence-corrected chi connectivity index (χ0v) is 16.9. The van der Waals surface area contributed by atoms with Crippen LogP contribution < -0.4 is 5.43 Å². The van der Waals surface area contributed by atoms with Crippen molar-refractivity contribution in [2.45, 2.75) is 18.7 Å². The van der Waals surface area contributed by atoms with E-state index in [2.05, 4.69) is 15.5 Å². The molecule has 0 saturated carbocycles. The molecule has 29 heavy (non-hydrogen) atoms. The summed E-state index contributed by atoms with van der Waals surface area (Å²) in [6.07, 6.45) is 1.29. The van der Waals surface area contributed by atoms with Crippen LogP contribution in [0.3, 0.4) is 0 Å². The second-order valence-corrected chi connectivity index (χ2v) is 8.52. The summed E-state index contributed by atoms with van der Waals surface area (Å²) in [6, 6.07) is 14.3. The van der Waals surface area contributed by atoms with E-state index >= 15 is 0 Å². The molecule has 0 fully saturated rings. The average Bonchev–Trinajstić information content (AvgIpc) is 3.01. The molecule has 0 amide bonds. The van der Waals surface area contributed by atoms with E-state index in [0.717, 1.165) is 16.3 Å². The van der Waals surface area contributed by atoms with Crippen molar-refractivity contribution >= 4 is 38.1 Å². The Morgan fingerprint density at radius 3 is 2.31 bits per heavy atom. The Bertz CT molecular complexity index is 1230. The van der Waals surface area contributed by atoms with E-state index in [1.54, 1.807) is 19.9 Å². The predicted molar refractivity (Wildman–Crippen MR) is 113 cm³/mol. The van der Waals surface area contributed by atoms with Crippen LogP contribution in [-0.4, -0.2) is 42.3 Å². The molecule has 0 saturated heterocycles. The number of Topliss-reactive ketones (excluding diaryl/α,β-unsaturated/α-hetero) is 1. The van der Waals surface area contributed by atoms with Crippen LogP contribution in [0.15, 0.2) is 64.7 Å². The molecule has 1 N–H and O–H groups in total. The van der Waals surface area contributed by atoms with Crippen LogP contribution in [0, 0.1) is 0 Å². The molecule has 1 aliphatic carbocycles. The van der Waals surface area contributed by atoms with Crippen LogP contribution in [-0.2, 0) is 10.0 Å². The third-order valence-electron chi connectivity index (χ3n) is 4.98. The molecule has 3 aromatic rings. The SMILES string of the molecule is CCN(CC)S(=O)(=O)c1ccc(N/N=C2/C(=O)c3cccc4cccc2c34)nc1. The molecule has 0 bridgehead atoms. The molecule has 0 aliphatic heterocycles. The third kappa shape index (κ3) is 3.20. The van der Waals surface area contributed by atoms with Crippen molar-refractivity contribution in [3.8, 4) is 0 Å². The Labute approximate surface area is 169 Å². The molecule has 7 nitrogen and oxygen atoms in total. The van der Waals surface area contributed by atoms with Crippen LogP contribution >= 0.6 is 0 Å². The lowest BCUT2D eigenvalue weighted by molar-refractivity contribution is 0.107. The van der Waals surface area contributed by atoms with E-state index in [9.17, 15) is 13.2 Å². The number of pyridine rings is 1. The molecule has 2 aromatic carbocycles. The highest BCUT2D eigenvalue weighted by Gasteiger charge is 2.28. The van der Waals surface area contributed by atoms with Gasteiger partial charge in [-0.2, -0.15) is 9.41 Å².